The molecular weight excluding hydrogens is 357 g/mol. The van der Waals surface area contributed by atoms with Crippen LogP contribution in [0.25, 0.3) is 16.9 Å². The van der Waals surface area contributed by atoms with E-state index in [-0.39, 0.29) is 11.3 Å². The number of aryl methyl sites for hydroxylation is 2. The minimum atomic E-state index is -0.526. The maximum atomic E-state index is 14.4. The second-order valence-corrected chi connectivity index (χ2v) is 6.42. The van der Waals surface area contributed by atoms with Gasteiger partial charge in [0.15, 0.2) is 0 Å². The summed E-state index contributed by atoms with van der Waals surface area (Å²) in [7, 11) is 1.75. The summed E-state index contributed by atoms with van der Waals surface area (Å²) in [5, 5.41) is 11.3. The summed E-state index contributed by atoms with van der Waals surface area (Å²) in [5.41, 5.74) is 3.34. The number of nitrogens with one attached hydrogen (secondary N) is 1. The first kappa shape index (κ1) is 17.7. The normalized spacial score (nSPS) is 10.8. The largest absolute Gasteiger partial charge is 0.307 e. The molecule has 0 aliphatic heterocycles. The molecule has 0 aliphatic carbocycles. The molecule has 1 N–H and O–H groups in total. The highest BCUT2D eigenvalue weighted by Crippen LogP contribution is 2.25. The standard InChI is InChI=1S/C21H18FN5O/c1-14-6-3-4-7-16(14)18-13-20(26(2)25-18)24-21(28)15-8-9-19(17(22)12-15)27-11-5-10-23-27/h3-13H,1-2H3,(H,24,28). The molecule has 0 radical (unpaired) electrons. The van der Waals surface area contributed by atoms with Crippen molar-refractivity contribution in [2.24, 2.45) is 7.05 Å². The van der Waals surface area contributed by atoms with Crippen molar-refractivity contribution in [3.8, 4) is 16.9 Å². The van der Waals surface area contributed by atoms with E-state index in [4.69, 9.17) is 0 Å². The van der Waals surface area contributed by atoms with Crippen LogP contribution in [0.4, 0.5) is 10.2 Å². The summed E-state index contributed by atoms with van der Waals surface area (Å²) >= 11 is 0. The molecule has 28 heavy (non-hydrogen) atoms. The van der Waals surface area contributed by atoms with Crippen LogP contribution >= 0.6 is 0 Å². The lowest BCUT2D eigenvalue weighted by molar-refractivity contribution is 0.102. The monoisotopic (exact) mass is 375 g/mol. The molecule has 140 valence electrons. The molecule has 0 aliphatic rings. The maximum absolute atomic E-state index is 14.4. The first-order valence-electron chi connectivity index (χ1n) is 8.74. The second-order valence-electron chi connectivity index (χ2n) is 6.42. The van der Waals surface area contributed by atoms with Crippen molar-refractivity contribution in [3.05, 3.63) is 83.9 Å². The first-order valence-corrected chi connectivity index (χ1v) is 8.74. The molecule has 0 saturated heterocycles. The lowest BCUT2D eigenvalue weighted by Gasteiger charge is -2.07. The van der Waals surface area contributed by atoms with Crippen LogP contribution in [0.15, 0.2) is 67.0 Å². The second kappa shape index (κ2) is 7.11. The molecule has 2 aromatic carbocycles. The van der Waals surface area contributed by atoms with Crippen LogP contribution in [0, 0.1) is 12.7 Å². The highest BCUT2D eigenvalue weighted by molar-refractivity contribution is 6.04. The van der Waals surface area contributed by atoms with Gasteiger partial charge in [-0.3, -0.25) is 9.48 Å². The van der Waals surface area contributed by atoms with E-state index in [2.05, 4.69) is 15.5 Å². The molecule has 0 fully saturated rings. The molecule has 4 rings (SSSR count). The first-order chi connectivity index (χ1) is 13.5. The highest BCUT2D eigenvalue weighted by Gasteiger charge is 2.15. The zero-order valence-electron chi connectivity index (χ0n) is 15.4. The highest BCUT2D eigenvalue weighted by atomic mass is 19.1. The molecule has 1 amide bonds. The molecular formula is C21H18FN5O. The Bertz CT molecular complexity index is 1150. The van der Waals surface area contributed by atoms with E-state index in [1.165, 1.54) is 16.8 Å². The van der Waals surface area contributed by atoms with Gasteiger partial charge in [0, 0.05) is 36.6 Å². The van der Waals surface area contributed by atoms with E-state index in [1.807, 2.05) is 31.2 Å². The van der Waals surface area contributed by atoms with E-state index in [1.54, 1.807) is 42.3 Å². The third-order valence-corrected chi connectivity index (χ3v) is 4.50. The Morgan fingerprint density at radius 3 is 2.64 bits per heavy atom. The minimum absolute atomic E-state index is 0.215. The molecule has 7 heteroatoms. The SMILES string of the molecule is Cc1ccccc1-c1cc(NC(=O)c2ccc(-n3cccn3)c(F)c2)n(C)n1. The number of hydrogen-bond donors (Lipinski definition) is 1. The number of hydrogen-bond acceptors (Lipinski definition) is 3. The van der Waals surface area contributed by atoms with E-state index in [0.717, 1.165) is 16.8 Å². The molecule has 0 unspecified atom stereocenters. The summed E-state index contributed by atoms with van der Waals surface area (Å²) in [6, 6.07) is 15.7. The van der Waals surface area contributed by atoms with Crippen molar-refractivity contribution in [2.75, 3.05) is 5.32 Å². The molecule has 2 heterocycles. The van der Waals surface area contributed by atoms with Crippen LogP contribution in [0.1, 0.15) is 15.9 Å². The number of anilines is 1. The van der Waals surface area contributed by atoms with Gasteiger partial charge in [-0.05, 0) is 36.8 Å². The fourth-order valence-electron chi connectivity index (χ4n) is 3.01. The predicted molar refractivity (Wildman–Crippen MR) is 105 cm³/mol. The van der Waals surface area contributed by atoms with Gasteiger partial charge in [0.25, 0.3) is 5.91 Å². The molecule has 0 bridgehead atoms. The average molecular weight is 375 g/mol. The zero-order valence-corrected chi connectivity index (χ0v) is 15.4. The predicted octanol–water partition coefficient (Wildman–Crippen LogP) is 3.97. The Morgan fingerprint density at radius 1 is 1.11 bits per heavy atom. The van der Waals surface area contributed by atoms with Gasteiger partial charge in [-0.25, -0.2) is 9.07 Å². The zero-order chi connectivity index (χ0) is 19.7. The Hall–Kier alpha value is -3.74. The van der Waals surface area contributed by atoms with Crippen LogP contribution in [-0.4, -0.2) is 25.5 Å². The smallest absolute Gasteiger partial charge is 0.256 e. The van der Waals surface area contributed by atoms with Crippen LogP contribution in [0.3, 0.4) is 0 Å². The average Bonchev–Trinajstić information content (AvgIpc) is 3.32. The third-order valence-electron chi connectivity index (χ3n) is 4.50. The fraction of sp³-hybridized carbons (Fsp3) is 0.0952. The van der Waals surface area contributed by atoms with Crippen LogP contribution in [0.5, 0.6) is 0 Å². The Balaban J connectivity index is 1.58. The van der Waals surface area contributed by atoms with Gasteiger partial charge in [-0.1, -0.05) is 24.3 Å². The van der Waals surface area contributed by atoms with Crippen LogP contribution in [-0.2, 0) is 7.05 Å². The van der Waals surface area contributed by atoms with E-state index in [0.29, 0.717) is 5.82 Å². The number of amides is 1. The Morgan fingerprint density at radius 2 is 1.93 bits per heavy atom. The summed E-state index contributed by atoms with van der Waals surface area (Å²) in [5.74, 6) is -0.410. The van der Waals surface area contributed by atoms with E-state index >= 15 is 0 Å². The summed E-state index contributed by atoms with van der Waals surface area (Å²) in [6.45, 7) is 2.01. The summed E-state index contributed by atoms with van der Waals surface area (Å²) in [6.07, 6.45) is 3.20. The molecule has 4 aromatic rings. The van der Waals surface area contributed by atoms with E-state index < -0.39 is 11.7 Å². The number of nitrogens with zero attached hydrogens (tertiary/aromatic N) is 4. The third kappa shape index (κ3) is 3.29. The fourth-order valence-corrected chi connectivity index (χ4v) is 3.01. The number of carbonyl (C=O) groups excluding carboxylic acids is 1. The minimum Gasteiger partial charge on any atom is -0.307 e. The molecule has 2 aromatic heterocycles. The topological polar surface area (TPSA) is 64.7 Å². The number of halogens is 1. The van der Waals surface area contributed by atoms with Gasteiger partial charge in [0.1, 0.15) is 17.3 Å². The van der Waals surface area contributed by atoms with Crippen LogP contribution in [0.2, 0.25) is 0 Å². The molecule has 0 saturated carbocycles. The number of carbonyl (C=O) groups is 1. The van der Waals surface area contributed by atoms with E-state index in [9.17, 15) is 9.18 Å². The van der Waals surface area contributed by atoms with Gasteiger partial charge in [0.2, 0.25) is 0 Å². The Labute approximate surface area is 161 Å². The van der Waals surface area contributed by atoms with Gasteiger partial charge in [-0.2, -0.15) is 10.2 Å². The van der Waals surface area contributed by atoms with Gasteiger partial charge in [-0.15, -0.1) is 0 Å². The van der Waals surface area contributed by atoms with Crippen molar-refractivity contribution in [2.45, 2.75) is 6.92 Å². The number of aromatic nitrogens is 4. The van der Waals surface area contributed by atoms with Crippen molar-refractivity contribution in [1.82, 2.24) is 19.6 Å². The maximum Gasteiger partial charge on any atom is 0.256 e. The van der Waals surface area contributed by atoms with Crippen molar-refractivity contribution >= 4 is 11.7 Å². The van der Waals surface area contributed by atoms with Crippen LogP contribution < -0.4 is 5.32 Å². The van der Waals surface area contributed by atoms with Gasteiger partial charge >= 0.3 is 0 Å². The van der Waals surface area contributed by atoms with Gasteiger partial charge in [0.05, 0.1) is 5.69 Å². The Kier molecular flexibility index (Phi) is 4.49. The number of rotatable bonds is 4. The lowest BCUT2D eigenvalue weighted by atomic mass is 10.1. The van der Waals surface area contributed by atoms with Crippen molar-refractivity contribution < 1.29 is 9.18 Å². The molecule has 0 spiro atoms. The lowest BCUT2D eigenvalue weighted by Crippen LogP contribution is -2.15. The molecule has 6 nitrogen and oxygen atoms in total. The quantitative estimate of drug-likeness (QED) is 0.587. The van der Waals surface area contributed by atoms with Gasteiger partial charge < -0.3 is 5.32 Å². The summed E-state index contributed by atoms with van der Waals surface area (Å²) < 4.78 is 17.4. The van der Waals surface area contributed by atoms with Crippen molar-refractivity contribution in [1.29, 1.82) is 0 Å². The summed E-state index contributed by atoms with van der Waals surface area (Å²) in [4.78, 5) is 12.6. The molecule has 0 atom stereocenters. The van der Waals surface area contributed by atoms with Crippen molar-refractivity contribution in [3.63, 3.8) is 0 Å². The number of benzene rings is 2.